The minimum atomic E-state index is -0.760. The molecule has 1 fully saturated rings. The van der Waals surface area contributed by atoms with Gasteiger partial charge in [0.15, 0.2) is 5.13 Å². The molecule has 1 saturated heterocycles. The lowest BCUT2D eigenvalue weighted by Crippen LogP contribution is -2.51. The summed E-state index contributed by atoms with van der Waals surface area (Å²) in [5.74, 6) is -0.111. The second-order valence-electron chi connectivity index (χ2n) is 6.28. The summed E-state index contributed by atoms with van der Waals surface area (Å²) in [5, 5.41) is 7.53. The number of hydrogen-bond acceptors (Lipinski definition) is 5. The fraction of sp³-hybridized carbons (Fsp3) is 0.444. The number of ether oxygens (including phenoxy) is 1. The van der Waals surface area contributed by atoms with Gasteiger partial charge in [-0.2, -0.15) is 0 Å². The number of halogens is 2. The molecule has 1 aliphatic heterocycles. The van der Waals surface area contributed by atoms with Crippen LogP contribution in [0.15, 0.2) is 24.4 Å². The minimum Gasteiger partial charge on any atom is -0.368 e. The molecule has 0 radical (unpaired) electrons. The molecule has 0 unspecified atom stereocenters. The van der Waals surface area contributed by atoms with Gasteiger partial charge in [0.2, 0.25) is 0 Å². The van der Waals surface area contributed by atoms with Gasteiger partial charge in [-0.15, -0.1) is 23.7 Å². The second kappa shape index (κ2) is 9.15. The van der Waals surface area contributed by atoms with Crippen molar-refractivity contribution in [3.05, 3.63) is 45.4 Å². The van der Waals surface area contributed by atoms with E-state index in [1.54, 1.807) is 7.11 Å². The maximum absolute atomic E-state index is 12.7. The Morgan fingerprint density at radius 3 is 2.81 bits per heavy atom. The number of amides is 1. The molecule has 0 aliphatic carbocycles. The summed E-state index contributed by atoms with van der Waals surface area (Å²) in [6.45, 7) is 3.60. The zero-order valence-corrected chi connectivity index (χ0v) is 17.2. The van der Waals surface area contributed by atoms with E-state index in [1.807, 2.05) is 31.3 Å². The van der Waals surface area contributed by atoms with Crippen LogP contribution in [0.5, 0.6) is 0 Å². The fourth-order valence-corrected chi connectivity index (χ4v) is 4.12. The van der Waals surface area contributed by atoms with Gasteiger partial charge in [-0.25, -0.2) is 4.98 Å². The first-order valence-electron chi connectivity index (χ1n) is 8.29. The normalized spacial score (nSPS) is 16.0. The highest BCUT2D eigenvalue weighted by molar-refractivity contribution is 7.15. The van der Waals surface area contributed by atoms with Crippen LogP contribution in [0.1, 0.15) is 28.8 Å². The van der Waals surface area contributed by atoms with Gasteiger partial charge >= 0.3 is 0 Å². The highest BCUT2D eigenvalue weighted by Gasteiger charge is 2.40. The number of rotatable bonds is 5. The summed E-state index contributed by atoms with van der Waals surface area (Å²) in [6.07, 6.45) is 3.92. The molecular formula is C18H23Cl2N3O2S. The van der Waals surface area contributed by atoms with E-state index >= 15 is 0 Å². The summed E-state index contributed by atoms with van der Waals surface area (Å²) in [7, 11) is 1.60. The van der Waals surface area contributed by atoms with Gasteiger partial charge in [-0.3, -0.25) is 10.1 Å². The van der Waals surface area contributed by atoms with Crippen molar-refractivity contribution in [3.8, 4) is 0 Å². The Morgan fingerprint density at radius 1 is 1.42 bits per heavy atom. The predicted molar refractivity (Wildman–Crippen MR) is 109 cm³/mol. The third-order valence-electron chi connectivity index (χ3n) is 4.66. The SMILES string of the molecule is COC1(C(=O)Nc2ncc(Cc3ccc(Cl)cc3C)s2)CCNCC1.Cl. The Bertz CT molecular complexity index is 761. The first kappa shape index (κ1) is 21.1. The van der Waals surface area contributed by atoms with Crippen molar-refractivity contribution in [1.82, 2.24) is 10.3 Å². The third kappa shape index (κ3) is 4.75. The first-order chi connectivity index (χ1) is 12.0. The average Bonchev–Trinajstić information content (AvgIpc) is 3.05. The van der Waals surface area contributed by atoms with E-state index in [-0.39, 0.29) is 18.3 Å². The maximum atomic E-state index is 12.7. The van der Waals surface area contributed by atoms with Crippen LogP contribution in [0.2, 0.25) is 5.02 Å². The molecule has 142 valence electrons. The number of benzene rings is 1. The van der Waals surface area contributed by atoms with E-state index in [9.17, 15) is 4.79 Å². The number of nitrogens with one attached hydrogen (secondary N) is 2. The minimum absolute atomic E-state index is 0. The van der Waals surface area contributed by atoms with Crippen LogP contribution in [0.4, 0.5) is 5.13 Å². The summed E-state index contributed by atoms with van der Waals surface area (Å²) < 4.78 is 5.55. The number of aromatic nitrogens is 1. The van der Waals surface area contributed by atoms with Crippen molar-refractivity contribution in [3.63, 3.8) is 0 Å². The Morgan fingerprint density at radius 2 is 2.15 bits per heavy atom. The lowest BCUT2D eigenvalue weighted by molar-refractivity contribution is -0.140. The lowest BCUT2D eigenvalue weighted by Gasteiger charge is -2.34. The quantitative estimate of drug-likeness (QED) is 0.778. The molecule has 0 bridgehead atoms. The van der Waals surface area contributed by atoms with Crippen molar-refractivity contribution in [1.29, 1.82) is 0 Å². The number of carbonyl (C=O) groups excluding carboxylic acids is 1. The number of aryl methyl sites for hydroxylation is 1. The van der Waals surface area contributed by atoms with Crippen LogP contribution in [0, 0.1) is 6.92 Å². The summed E-state index contributed by atoms with van der Waals surface area (Å²) >= 11 is 7.50. The molecule has 2 N–H and O–H groups in total. The van der Waals surface area contributed by atoms with Gasteiger partial charge in [0.05, 0.1) is 0 Å². The van der Waals surface area contributed by atoms with Crippen LogP contribution in [0.25, 0.3) is 0 Å². The van der Waals surface area contributed by atoms with Crippen molar-refractivity contribution in [2.24, 2.45) is 0 Å². The fourth-order valence-electron chi connectivity index (χ4n) is 3.06. The van der Waals surface area contributed by atoms with Crippen LogP contribution < -0.4 is 10.6 Å². The number of hydrogen-bond donors (Lipinski definition) is 2. The van der Waals surface area contributed by atoms with Crippen LogP contribution in [-0.2, 0) is 16.0 Å². The molecule has 26 heavy (non-hydrogen) atoms. The topological polar surface area (TPSA) is 63.2 Å². The molecule has 3 rings (SSSR count). The van der Waals surface area contributed by atoms with Crippen molar-refractivity contribution in [2.45, 2.75) is 31.8 Å². The zero-order chi connectivity index (χ0) is 17.9. The molecule has 1 aromatic heterocycles. The largest absolute Gasteiger partial charge is 0.368 e. The van der Waals surface area contributed by atoms with Gasteiger partial charge in [-0.05, 0) is 56.1 Å². The van der Waals surface area contributed by atoms with E-state index in [2.05, 4.69) is 15.6 Å². The van der Waals surface area contributed by atoms with E-state index < -0.39 is 5.60 Å². The second-order valence-corrected chi connectivity index (χ2v) is 7.83. The van der Waals surface area contributed by atoms with Crippen LogP contribution in [0.3, 0.4) is 0 Å². The molecule has 2 aromatic rings. The van der Waals surface area contributed by atoms with Gasteiger partial charge in [0.1, 0.15) is 5.60 Å². The Kier molecular flexibility index (Phi) is 7.43. The van der Waals surface area contributed by atoms with E-state index in [0.29, 0.717) is 18.0 Å². The summed E-state index contributed by atoms with van der Waals surface area (Å²) in [4.78, 5) is 18.1. The Labute approximate surface area is 168 Å². The number of nitrogens with zero attached hydrogens (tertiary/aromatic N) is 1. The highest BCUT2D eigenvalue weighted by atomic mass is 35.5. The first-order valence-corrected chi connectivity index (χ1v) is 9.49. The Balaban J connectivity index is 0.00000243. The number of anilines is 1. The highest BCUT2D eigenvalue weighted by Crippen LogP contribution is 2.27. The predicted octanol–water partition coefficient (Wildman–Crippen LogP) is 3.82. The van der Waals surface area contributed by atoms with Gasteiger partial charge in [-0.1, -0.05) is 17.7 Å². The van der Waals surface area contributed by atoms with E-state index in [0.717, 1.165) is 35.0 Å². The number of piperidine rings is 1. The molecule has 0 saturated carbocycles. The molecule has 1 aromatic carbocycles. The molecule has 8 heteroatoms. The molecule has 1 amide bonds. The molecule has 1 aliphatic rings. The van der Waals surface area contributed by atoms with Crippen LogP contribution in [-0.4, -0.2) is 36.7 Å². The average molecular weight is 416 g/mol. The Hall–Kier alpha value is -1.18. The standard InChI is InChI=1S/C18H22ClN3O2S.ClH/c1-12-9-14(19)4-3-13(12)10-15-11-21-17(25-15)22-16(23)18(24-2)5-7-20-8-6-18;/h3-4,9,11,20H,5-8,10H2,1-2H3,(H,21,22,23);1H. The maximum Gasteiger partial charge on any atom is 0.258 e. The molecular weight excluding hydrogens is 393 g/mol. The van der Waals surface area contributed by atoms with Gasteiger partial charge < -0.3 is 10.1 Å². The summed E-state index contributed by atoms with van der Waals surface area (Å²) in [6, 6.07) is 5.89. The monoisotopic (exact) mass is 415 g/mol. The number of carbonyl (C=O) groups is 1. The zero-order valence-electron chi connectivity index (χ0n) is 14.8. The van der Waals surface area contributed by atoms with Gasteiger partial charge in [0, 0.05) is 29.6 Å². The van der Waals surface area contributed by atoms with E-state index in [4.69, 9.17) is 16.3 Å². The molecule has 5 nitrogen and oxygen atoms in total. The molecule has 0 atom stereocenters. The number of thiazole rings is 1. The van der Waals surface area contributed by atoms with Crippen molar-refractivity contribution in [2.75, 3.05) is 25.5 Å². The lowest BCUT2D eigenvalue weighted by atomic mass is 9.91. The molecule has 0 spiro atoms. The third-order valence-corrected chi connectivity index (χ3v) is 5.81. The van der Waals surface area contributed by atoms with Crippen molar-refractivity contribution >= 4 is 46.4 Å². The molecule has 2 heterocycles. The number of methoxy groups -OCH3 is 1. The summed E-state index contributed by atoms with van der Waals surface area (Å²) in [5.41, 5.74) is 1.60. The van der Waals surface area contributed by atoms with Crippen molar-refractivity contribution < 1.29 is 9.53 Å². The van der Waals surface area contributed by atoms with E-state index in [1.165, 1.54) is 16.9 Å². The van der Waals surface area contributed by atoms with Gasteiger partial charge in [0.25, 0.3) is 5.91 Å². The van der Waals surface area contributed by atoms with Crippen LogP contribution >= 0.6 is 35.3 Å². The smallest absolute Gasteiger partial charge is 0.258 e.